The zero-order valence-corrected chi connectivity index (χ0v) is 8.27. The Morgan fingerprint density at radius 2 is 2.33 bits per heavy atom. The van der Waals surface area contributed by atoms with E-state index < -0.39 is 0 Å². The van der Waals surface area contributed by atoms with E-state index in [0.29, 0.717) is 4.77 Å². The van der Waals surface area contributed by atoms with Gasteiger partial charge >= 0.3 is 0 Å². The van der Waals surface area contributed by atoms with Crippen LogP contribution in [0.5, 0.6) is 0 Å². The second-order valence-electron chi connectivity index (χ2n) is 3.27. The number of hydrogen-bond donors (Lipinski definition) is 1. The molecule has 0 aliphatic rings. The third-order valence-corrected chi connectivity index (χ3v) is 2.00. The number of aromatic nitrogens is 4. The molecule has 1 heterocycles. The lowest BCUT2D eigenvalue weighted by molar-refractivity contribution is 0.480. The van der Waals surface area contributed by atoms with Crippen LogP contribution < -0.4 is 0 Å². The lowest BCUT2D eigenvalue weighted by Crippen LogP contribution is -2.01. The van der Waals surface area contributed by atoms with E-state index in [9.17, 15) is 0 Å². The smallest absolute Gasteiger partial charge is 0.238 e. The molecular formula is C7H14N4S. The Kier molecular flexibility index (Phi) is 3.40. The second kappa shape index (κ2) is 4.35. The van der Waals surface area contributed by atoms with Gasteiger partial charge in [-0.15, -0.1) is 0 Å². The van der Waals surface area contributed by atoms with Gasteiger partial charge in [-0.05, 0) is 31.0 Å². The molecule has 0 aromatic carbocycles. The predicted molar refractivity (Wildman–Crippen MR) is 49.3 cm³/mol. The largest absolute Gasteiger partial charge is 0.242 e. The maximum atomic E-state index is 4.92. The van der Waals surface area contributed by atoms with Crippen LogP contribution in [0.25, 0.3) is 0 Å². The number of aromatic amines is 1. The van der Waals surface area contributed by atoms with Crippen molar-refractivity contribution < 1.29 is 0 Å². The Morgan fingerprint density at radius 1 is 1.58 bits per heavy atom. The summed E-state index contributed by atoms with van der Waals surface area (Å²) < 4.78 is 2.33. The van der Waals surface area contributed by atoms with E-state index in [1.54, 1.807) is 4.68 Å². The van der Waals surface area contributed by atoms with Gasteiger partial charge in [-0.1, -0.05) is 24.2 Å². The Hall–Kier alpha value is -0.710. The highest BCUT2D eigenvalue weighted by atomic mass is 32.1. The van der Waals surface area contributed by atoms with Crippen molar-refractivity contribution in [1.82, 2.24) is 20.2 Å². The van der Waals surface area contributed by atoms with Crippen molar-refractivity contribution in [3.8, 4) is 0 Å². The first-order chi connectivity index (χ1) is 5.70. The molecule has 0 aliphatic heterocycles. The number of H-pyrrole nitrogens is 1. The van der Waals surface area contributed by atoms with Crippen molar-refractivity contribution in [2.45, 2.75) is 33.2 Å². The highest BCUT2D eigenvalue weighted by Crippen LogP contribution is 2.04. The lowest BCUT2D eigenvalue weighted by Gasteiger charge is -2.03. The average molecular weight is 186 g/mol. The Labute approximate surface area is 77.0 Å². The van der Waals surface area contributed by atoms with Crippen molar-refractivity contribution in [1.29, 1.82) is 0 Å². The Balaban J connectivity index is 2.34. The monoisotopic (exact) mass is 186 g/mol. The molecule has 0 atom stereocenters. The van der Waals surface area contributed by atoms with Crippen LogP contribution >= 0.6 is 12.2 Å². The van der Waals surface area contributed by atoms with E-state index >= 15 is 0 Å². The molecule has 0 amide bonds. The molecular weight excluding hydrogens is 172 g/mol. The van der Waals surface area contributed by atoms with E-state index in [-0.39, 0.29) is 0 Å². The number of rotatable bonds is 4. The molecule has 12 heavy (non-hydrogen) atoms. The lowest BCUT2D eigenvalue weighted by atomic mass is 10.1. The van der Waals surface area contributed by atoms with E-state index in [2.05, 4.69) is 29.4 Å². The van der Waals surface area contributed by atoms with Crippen LogP contribution in [0.4, 0.5) is 0 Å². The van der Waals surface area contributed by atoms with Crippen molar-refractivity contribution in [2.24, 2.45) is 5.92 Å². The van der Waals surface area contributed by atoms with Gasteiger partial charge in [0.25, 0.3) is 0 Å². The van der Waals surface area contributed by atoms with Crippen LogP contribution in [-0.4, -0.2) is 20.2 Å². The second-order valence-corrected chi connectivity index (χ2v) is 3.64. The van der Waals surface area contributed by atoms with Gasteiger partial charge in [0.05, 0.1) is 0 Å². The van der Waals surface area contributed by atoms with E-state index in [1.165, 1.54) is 6.42 Å². The van der Waals surface area contributed by atoms with Gasteiger partial charge in [-0.3, -0.25) is 0 Å². The van der Waals surface area contributed by atoms with Crippen LogP contribution in [0, 0.1) is 10.7 Å². The van der Waals surface area contributed by atoms with E-state index in [0.717, 1.165) is 18.9 Å². The fourth-order valence-electron chi connectivity index (χ4n) is 1.02. The first-order valence-electron chi connectivity index (χ1n) is 4.18. The molecule has 1 rings (SSSR count). The third kappa shape index (κ3) is 2.73. The van der Waals surface area contributed by atoms with Crippen LogP contribution in [-0.2, 0) is 6.54 Å². The number of hydrogen-bond acceptors (Lipinski definition) is 3. The van der Waals surface area contributed by atoms with Crippen LogP contribution in [0.2, 0.25) is 0 Å². The summed E-state index contributed by atoms with van der Waals surface area (Å²) in [5, 5.41) is 10.0. The molecule has 0 bridgehead atoms. The topological polar surface area (TPSA) is 46.5 Å². The zero-order valence-electron chi connectivity index (χ0n) is 7.45. The van der Waals surface area contributed by atoms with E-state index in [1.807, 2.05) is 0 Å². The Bertz CT molecular complexity index is 275. The predicted octanol–water partition coefficient (Wildman–Crippen LogP) is 1.77. The molecule has 4 nitrogen and oxygen atoms in total. The zero-order chi connectivity index (χ0) is 8.97. The van der Waals surface area contributed by atoms with Gasteiger partial charge in [0.15, 0.2) is 0 Å². The Morgan fingerprint density at radius 3 is 2.83 bits per heavy atom. The van der Waals surface area contributed by atoms with Gasteiger partial charge in [-0.25, -0.2) is 4.68 Å². The standard InChI is InChI=1S/C7H14N4S/c1-6(2)4-3-5-11-7(12)8-9-10-11/h6H,3-5H2,1-2H3,(H,8,10,12). The van der Waals surface area contributed by atoms with Crippen LogP contribution in [0.15, 0.2) is 0 Å². The van der Waals surface area contributed by atoms with Gasteiger partial charge in [0.1, 0.15) is 0 Å². The normalized spacial score (nSPS) is 10.9. The average Bonchev–Trinajstić information content (AvgIpc) is 2.36. The minimum atomic E-state index is 0.541. The van der Waals surface area contributed by atoms with Gasteiger partial charge in [-0.2, -0.15) is 5.21 Å². The van der Waals surface area contributed by atoms with Gasteiger partial charge < -0.3 is 0 Å². The SMILES string of the molecule is CC(C)CCCn1[nH]nnc1=S. The maximum absolute atomic E-state index is 4.92. The summed E-state index contributed by atoms with van der Waals surface area (Å²) in [6, 6.07) is 0. The summed E-state index contributed by atoms with van der Waals surface area (Å²) in [5.41, 5.74) is 0. The summed E-state index contributed by atoms with van der Waals surface area (Å²) in [6.45, 7) is 5.32. The van der Waals surface area contributed by atoms with Crippen LogP contribution in [0.1, 0.15) is 26.7 Å². The molecule has 0 saturated carbocycles. The molecule has 1 aromatic rings. The molecule has 0 saturated heterocycles. The van der Waals surface area contributed by atoms with Gasteiger partial charge in [0.2, 0.25) is 4.77 Å². The summed E-state index contributed by atoms with van der Waals surface area (Å²) in [7, 11) is 0. The number of nitrogens with zero attached hydrogens (tertiary/aromatic N) is 3. The number of nitrogens with one attached hydrogen (secondary N) is 1. The quantitative estimate of drug-likeness (QED) is 0.729. The summed E-state index contributed by atoms with van der Waals surface area (Å²) >= 11 is 4.92. The molecule has 1 aromatic heterocycles. The summed E-state index contributed by atoms with van der Waals surface area (Å²) in [5.74, 6) is 0.745. The summed E-state index contributed by atoms with van der Waals surface area (Å²) in [4.78, 5) is 0. The van der Waals surface area contributed by atoms with Crippen molar-refractivity contribution in [3.05, 3.63) is 4.77 Å². The highest BCUT2D eigenvalue weighted by molar-refractivity contribution is 7.71. The maximum Gasteiger partial charge on any atom is 0.238 e. The number of aryl methyl sites for hydroxylation is 1. The van der Waals surface area contributed by atoms with Crippen molar-refractivity contribution >= 4 is 12.2 Å². The minimum absolute atomic E-state index is 0.541. The highest BCUT2D eigenvalue weighted by Gasteiger charge is 1.96. The molecule has 0 radical (unpaired) electrons. The van der Waals surface area contributed by atoms with Gasteiger partial charge in [0, 0.05) is 6.54 Å². The first-order valence-corrected chi connectivity index (χ1v) is 4.59. The molecule has 68 valence electrons. The minimum Gasteiger partial charge on any atom is -0.242 e. The van der Waals surface area contributed by atoms with Crippen molar-refractivity contribution in [3.63, 3.8) is 0 Å². The molecule has 5 heteroatoms. The molecule has 0 spiro atoms. The summed E-state index contributed by atoms with van der Waals surface area (Å²) in [6.07, 6.45) is 2.33. The molecule has 0 unspecified atom stereocenters. The number of tetrazole rings is 1. The van der Waals surface area contributed by atoms with Crippen molar-refractivity contribution in [2.75, 3.05) is 0 Å². The third-order valence-electron chi connectivity index (χ3n) is 1.70. The molecule has 0 aliphatic carbocycles. The molecule has 0 fully saturated rings. The van der Waals surface area contributed by atoms with Crippen LogP contribution in [0.3, 0.4) is 0 Å². The fourth-order valence-corrected chi connectivity index (χ4v) is 1.19. The molecule has 1 N–H and O–H groups in total. The fraction of sp³-hybridized carbons (Fsp3) is 0.857. The first kappa shape index (κ1) is 9.38. The van der Waals surface area contributed by atoms with E-state index in [4.69, 9.17) is 12.2 Å².